The van der Waals surface area contributed by atoms with Crippen LogP contribution in [0.2, 0.25) is 0 Å². The summed E-state index contributed by atoms with van der Waals surface area (Å²) in [4.78, 5) is 16.5. The highest BCUT2D eigenvalue weighted by atomic mass is 16.9. The molecule has 0 aromatic carbocycles. The maximum Gasteiger partial charge on any atom is 0.244 e. The highest BCUT2D eigenvalue weighted by molar-refractivity contribution is 4.76. The molecule has 0 aliphatic carbocycles. The van der Waals surface area contributed by atoms with Gasteiger partial charge in [-0.3, -0.25) is 0 Å². The number of hydrogen-bond acceptors (Lipinski definition) is 8. The van der Waals surface area contributed by atoms with Crippen LogP contribution in [0.3, 0.4) is 0 Å². The average molecular weight is 368 g/mol. The monoisotopic (exact) mass is 368 g/mol. The summed E-state index contributed by atoms with van der Waals surface area (Å²) in [5.74, 6) is 0. The van der Waals surface area contributed by atoms with Gasteiger partial charge in [-0.15, -0.1) is 0 Å². The van der Waals surface area contributed by atoms with Crippen molar-refractivity contribution in [3.8, 4) is 12.1 Å². The maximum absolute atomic E-state index is 8.25. The fourth-order valence-electron chi connectivity index (χ4n) is 1.35. The summed E-state index contributed by atoms with van der Waals surface area (Å²) in [6.07, 6.45) is 11.3. The van der Waals surface area contributed by atoms with E-state index in [1.54, 1.807) is 0 Å². The molecular formula is C12H16N8O6. The van der Waals surface area contributed by atoms with Crippen molar-refractivity contribution in [3.63, 3.8) is 0 Å². The number of imidazole rings is 2. The number of nitriles is 2. The Balaban J connectivity index is 0. The minimum absolute atomic E-state index is 0.431. The Kier molecular flexibility index (Phi) is 13.3. The predicted octanol–water partition coefficient (Wildman–Crippen LogP) is -0.806. The number of rotatable bonds is 2. The predicted molar refractivity (Wildman–Crippen MR) is 83.2 cm³/mol. The Morgan fingerprint density at radius 2 is 1.12 bits per heavy atom. The van der Waals surface area contributed by atoms with Crippen molar-refractivity contribution in [1.29, 1.82) is 10.5 Å². The first-order valence-electron chi connectivity index (χ1n) is 6.51. The smallest absolute Gasteiger partial charge is 0.244 e. The maximum atomic E-state index is 8.25. The molecule has 0 atom stereocenters. The molecule has 0 aliphatic rings. The van der Waals surface area contributed by atoms with Crippen LogP contribution in [0, 0.1) is 53.3 Å². The normalized spacial score (nSPS) is 8.00. The Hall–Kier alpha value is -4.20. The molecule has 0 aliphatic heterocycles. The molecule has 140 valence electrons. The summed E-state index contributed by atoms with van der Waals surface area (Å²) in [5.41, 5.74) is 0. The van der Waals surface area contributed by atoms with E-state index in [1.165, 1.54) is 0 Å². The average Bonchev–Trinajstić information content (AvgIpc) is 3.08. The van der Waals surface area contributed by atoms with E-state index in [4.69, 9.17) is 41.2 Å². The van der Waals surface area contributed by atoms with Gasteiger partial charge in [0.1, 0.15) is 36.9 Å². The van der Waals surface area contributed by atoms with E-state index >= 15 is 0 Å². The lowest BCUT2D eigenvalue weighted by Crippen LogP contribution is -2.23. The second-order valence-corrected chi connectivity index (χ2v) is 4.27. The minimum atomic E-state index is -1.75. The first-order chi connectivity index (χ1) is 12.1. The van der Waals surface area contributed by atoms with Crippen LogP contribution in [-0.2, 0) is 27.2 Å². The summed E-state index contributed by atoms with van der Waals surface area (Å²) >= 11 is 0. The highest BCUT2D eigenvalue weighted by Crippen LogP contribution is 1.80. The third kappa shape index (κ3) is 17.9. The van der Waals surface area contributed by atoms with Crippen LogP contribution in [-0.4, -0.2) is 19.3 Å². The molecule has 0 unspecified atom stereocenters. The van der Waals surface area contributed by atoms with Crippen LogP contribution in [0.15, 0.2) is 37.4 Å². The van der Waals surface area contributed by atoms with E-state index in [9.17, 15) is 0 Å². The molecule has 0 N–H and O–H groups in total. The van der Waals surface area contributed by atoms with E-state index in [1.807, 2.05) is 81.9 Å². The van der Waals surface area contributed by atoms with Gasteiger partial charge in [-0.1, -0.05) is 0 Å². The Morgan fingerprint density at radius 3 is 1.27 bits per heavy atom. The van der Waals surface area contributed by atoms with E-state index < -0.39 is 10.2 Å². The summed E-state index contributed by atoms with van der Waals surface area (Å²) < 4.78 is 7.44. The van der Waals surface area contributed by atoms with Crippen molar-refractivity contribution < 1.29 is 19.3 Å². The van der Waals surface area contributed by atoms with E-state index in [0.717, 1.165) is 0 Å². The van der Waals surface area contributed by atoms with Gasteiger partial charge >= 0.3 is 0 Å². The molecule has 0 bridgehead atoms. The number of hydrogen-bond donors (Lipinski definition) is 0. The molecule has 2 aromatic rings. The summed E-state index contributed by atoms with van der Waals surface area (Å²) in [6.45, 7) is 0.863. The van der Waals surface area contributed by atoms with Gasteiger partial charge in [0.2, 0.25) is 12.7 Å². The molecule has 2 heterocycles. The van der Waals surface area contributed by atoms with Gasteiger partial charge in [-0.25, -0.2) is 18.3 Å². The first kappa shape index (κ1) is 24.1. The molecule has 0 amide bonds. The fraction of sp³-hybridized carbons (Fsp3) is 0.333. The van der Waals surface area contributed by atoms with Crippen molar-refractivity contribution in [1.82, 2.24) is 9.13 Å². The van der Waals surface area contributed by atoms with Crippen LogP contribution in [0.25, 0.3) is 0 Å². The Labute approximate surface area is 147 Å². The molecule has 0 saturated carbocycles. The van der Waals surface area contributed by atoms with Crippen LogP contribution >= 0.6 is 0 Å². The third-order valence-corrected chi connectivity index (χ3v) is 2.15. The zero-order valence-corrected chi connectivity index (χ0v) is 13.9. The van der Waals surface area contributed by atoms with Crippen LogP contribution in [0.5, 0.6) is 0 Å². The van der Waals surface area contributed by atoms with Crippen LogP contribution in [0.4, 0.5) is 0 Å². The second-order valence-electron chi connectivity index (χ2n) is 4.27. The fourth-order valence-corrected chi connectivity index (χ4v) is 1.35. The lowest BCUT2D eigenvalue weighted by molar-refractivity contribution is -0.671. The van der Waals surface area contributed by atoms with Crippen molar-refractivity contribution in [2.75, 3.05) is 0 Å². The van der Waals surface area contributed by atoms with Gasteiger partial charge in [0, 0.05) is 0 Å². The molecule has 2 rings (SSSR count). The molecule has 0 fully saturated rings. The SMILES string of the molecule is C[n+]1ccn(CC#N)c1.C[n+]1ccn(CC#N)c1.O=[N+]([O-])[O-].O=[N+]([O-])[O-]. The molecule has 2 aromatic heterocycles. The molecule has 14 nitrogen and oxygen atoms in total. The number of aromatic nitrogens is 4. The summed E-state index contributed by atoms with van der Waals surface area (Å²) in [6, 6.07) is 4.09. The minimum Gasteiger partial charge on any atom is -0.356 e. The van der Waals surface area contributed by atoms with Crippen molar-refractivity contribution >= 4 is 0 Å². The lowest BCUT2D eigenvalue weighted by atomic mass is 10.7. The third-order valence-electron chi connectivity index (χ3n) is 2.15. The second kappa shape index (κ2) is 14.4. The molecule has 0 saturated heterocycles. The van der Waals surface area contributed by atoms with Gasteiger partial charge in [-0.2, -0.15) is 10.5 Å². The molecular weight excluding hydrogens is 352 g/mol. The van der Waals surface area contributed by atoms with Crippen LogP contribution in [0.1, 0.15) is 0 Å². The number of aryl methyl sites for hydroxylation is 2. The van der Waals surface area contributed by atoms with Gasteiger partial charge in [0.15, 0.2) is 13.1 Å². The highest BCUT2D eigenvalue weighted by Gasteiger charge is 1.95. The van der Waals surface area contributed by atoms with E-state index in [2.05, 4.69) is 0 Å². The number of nitrogens with zero attached hydrogens (tertiary/aromatic N) is 8. The van der Waals surface area contributed by atoms with E-state index in [0.29, 0.717) is 13.1 Å². The first-order valence-corrected chi connectivity index (χ1v) is 6.51. The van der Waals surface area contributed by atoms with Gasteiger partial charge in [-0.05, 0) is 0 Å². The quantitative estimate of drug-likeness (QED) is 0.372. The summed E-state index contributed by atoms with van der Waals surface area (Å²) in [7, 11) is 3.85. The molecule has 26 heavy (non-hydrogen) atoms. The van der Waals surface area contributed by atoms with Gasteiger partial charge in [0.05, 0.1) is 24.3 Å². The van der Waals surface area contributed by atoms with Gasteiger partial charge < -0.3 is 30.6 Å². The van der Waals surface area contributed by atoms with Crippen molar-refractivity contribution in [2.45, 2.75) is 13.1 Å². The standard InChI is InChI=1S/2C6H8N3.2NO3/c2*1-8-4-5-9(6-8)3-2-7;2*2-1(3)4/h2*4-6H,3H2,1H3;;/q2*+1;2*-1. The largest absolute Gasteiger partial charge is 0.356 e. The molecule has 0 spiro atoms. The zero-order valence-electron chi connectivity index (χ0n) is 13.9. The Morgan fingerprint density at radius 1 is 0.846 bits per heavy atom. The molecule has 14 heteroatoms. The Bertz CT molecular complexity index is 684. The molecule has 0 radical (unpaired) electrons. The van der Waals surface area contributed by atoms with Gasteiger partial charge in [0.25, 0.3) is 0 Å². The lowest BCUT2D eigenvalue weighted by Gasteiger charge is -1.79. The van der Waals surface area contributed by atoms with Crippen molar-refractivity contribution in [2.24, 2.45) is 14.1 Å². The van der Waals surface area contributed by atoms with Crippen molar-refractivity contribution in [3.05, 3.63) is 68.1 Å². The van der Waals surface area contributed by atoms with Crippen LogP contribution < -0.4 is 9.13 Å². The summed E-state index contributed by atoms with van der Waals surface area (Å²) in [5, 5.41) is 46.0. The topological polar surface area (TPSA) is 198 Å². The van der Waals surface area contributed by atoms with E-state index in [-0.39, 0.29) is 0 Å². The zero-order chi connectivity index (χ0) is 20.5.